The van der Waals surface area contributed by atoms with Crippen LogP contribution >= 0.6 is 11.8 Å². The standard InChI is InChI=1S/C17H27ClFN5.C2H6.C2H4/c1-11(2)15(20)22-16-21-13(10-23(16)4)14(24(5)18)12-6-8-17(3,19)9-7-12;2*1-2/h10,12,14H,1,6-9H2,2-5H3,(H2,20,21,22);1-2H3;1-2H2. The molecule has 1 aliphatic carbocycles. The van der Waals surface area contributed by atoms with Gasteiger partial charge in [-0.15, -0.1) is 13.2 Å². The first-order valence-corrected chi connectivity index (χ1v) is 10.1. The van der Waals surface area contributed by atoms with Crippen LogP contribution in [0.15, 0.2) is 36.5 Å². The SMILES string of the molecule is C=C.C=C(C)/C(N)=N\c1nc(C(C2CCC(C)(F)CC2)N(C)Cl)cn1C.CC. The van der Waals surface area contributed by atoms with Crippen LogP contribution in [0.4, 0.5) is 10.3 Å². The fourth-order valence-electron chi connectivity index (χ4n) is 3.20. The molecule has 2 rings (SSSR count). The summed E-state index contributed by atoms with van der Waals surface area (Å²) < 4.78 is 17.6. The van der Waals surface area contributed by atoms with Crippen LogP contribution in [-0.4, -0.2) is 32.5 Å². The molecule has 0 radical (unpaired) electrons. The minimum absolute atomic E-state index is 0.0797. The van der Waals surface area contributed by atoms with Gasteiger partial charge in [0.05, 0.1) is 11.7 Å². The number of alkyl halides is 1. The van der Waals surface area contributed by atoms with Gasteiger partial charge in [0.2, 0.25) is 5.95 Å². The number of imidazole rings is 1. The van der Waals surface area contributed by atoms with Gasteiger partial charge < -0.3 is 10.3 Å². The van der Waals surface area contributed by atoms with E-state index in [1.54, 1.807) is 18.3 Å². The number of amidine groups is 1. The highest BCUT2D eigenvalue weighted by atomic mass is 35.5. The lowest BCUT2D eigenvalue weighted by Crippen LogP contribution is -2.32. The monoisotopic (exact) mass is 413 g/mol. The summed E-state index contributed by atoms with van der Waals surface area (Å²) in [6.45, 7) is 17.3. The molecule has 1 aliphatic rings. The summed E-state index contributed by atoms with van der Waals surface area (Å²) in [7, 11) is 3.68. The van der Waals surface area contributed by atoms with Gasteiger partial charge in [-0.1, -0.05) is 20.4 Å². The van der Waals surface area contributed by atoms with Crippen molar-refractivity contribution in [1.29, 1.82) is 0 Å². The van der Waals surface area contributed by atoms with Crippen LogP contribution < -0.4 is 5.73 Å². The molecule has 1 fully saturated rings. The quantitative estimate of drug-likeness (QED) is 0.284. The molecule has 28 heavy (non-hydrogen) atoms. The number of hydrogen-bond acceptors (Lipinski definition) is 3. The van der Waals surface area contributed by atoms with Gasteiger partial charge in [-0.25, -0.2) is 13.8 Å². The third-order valence-electron chi connectivity index (χ3n) is 4.73. The Morgan fingerprint density at radius 2 is 1.93 bits per heavy atom. The van der Waals surface area contributed by atoms with Crippen molar-refractivity contribution in [2.45, 2.75) is 65.1 Å². The molecule has 160 valence electrons. The number of rotatable bonds is 5. The molecule has 1 saturated carbocycles. The van der Waals surface area contributed by atoms with E-state index >= 15 is 0 Å². The largest absolute Gasteiger partial charge is 0.383 e. The van der Waals surface area contributed by atoms with E-state index in [2.05, 4.69) is 29.7 Å². The summed E-state index contributed by atoms with van der Waals surface area (Å²) in [6.07, 6.45) is 4.60. The second-order valence-corrected chi connectivity index (χ2v) is 7.61. The van der Waals surface area contributed by atoms with Gasteiger partial charge in [-0.05, 0) is 62.8 Å². The summed E-state index contributed by atoms with van der Waals surface area (Å²) in [5.41, 5.74) is 6.31. The van der Waals surface area contributed by atoms with Crippen LogP contribution in [0, 0.1) is 5.92 Å². The summed E-state index contributed by atoms with van der Waals surface area (Å²) >= 11 is 6.32. The summed E-state index contributed by atoms with van der Waals surface area (Å²) in [6, 6.07) is -0.0797. The molecule has 0 bridgehead atoms. The molecule has 1 atom stereocenters. The first kappa shape index (κ1) is 26.3. The van der Waals surface area contributed by atoms with Gasteiger partial charge in [0.1, 0.15) is 11.5 Å². The highest BCUT2D eigenvalue weighted by Crippen LogP contribution is 2.43. The van der Waals surface area contributed by atoms with Gasteiger partial charge in [0.15, 0.2) is 0 Å². The van der Waals surface area contributed by atoms with E-state index in [1.807, 2.05) is 38.7 Å². The van der Waals surface area contributed by atoms with Crippen molar-refractivity contribution in [2.24, 2.45) is 23.7 Å². The number of aliphatic imine (C=N–C) groups is 1. The third kappa shape index (κ3) is 7.40. The van der Waals surface area contributed by atoms with Crippen LogP contribution in [-0.2, 0) is 7.05 Å². The number of nitrogens with two attached hydrogens (primary N) is 1. The lowest BCUT2D eigenvalue weighted by atomic mass is 9.77. The molecule has 0 spiro atoms. The van der Waals surface area contributed by atoms with Crippen molar-refractivity contribution in [2.75, 3.05) is 7.05 Å². The second kappa shape index (κ2) is 12.0. The first-order valence-electron chi connectivity index (χ1n) is 9.71. The number of hydrogen-bond donors (Lipinski definition) is 1. The second-order valence-electron chi connectivity index (χ2n) is 7.07. The minimum Gasteiger partial charge on any atom is -0.383 e. The number of nitrogens with zero attached hydrogens (tertiary/aromatic N) is 4. The summed E-state index contributed by atoms with van der Waals surface area (Å²) in [5, 5.41) is 0. The Morgan fingerprint density at radius 1 is 1.43 bits per heavy atom. The molecule has 1 aromatic rings. The van der Waals surface area contributed by atoms with E-state index in [0.717, 1.165) is 18.5 Å². The van der Waals surface area contributed by atoms with Gasteiger partial charge >= 0.3 is 0 Å². The molecule has 1 aromatic heterocycles. The lowest BCUT2D eigenvalue weighted by Gasteiger charge is -2.36. The molecular formula is C21H37ClFN5. The minimum atomic E-state index is -1.07. The van der Waals surface area contributed by atoms with Crippen LogP contribution in [0.3, 0.4) is 0 Å². The van der Waals surface area contributed by atoms with E-state index in [1.165, 1.54) is 0 Å². The highest BCUT2D eigenvalue weighted by Gasteiger charge is 2.37. The van der Waals surface area contributed by atoms with Crippen molar-refractivity contribution in [1.82, 2.24) is 14.0 Å². The van der Waals surface area contributed by atoms with Crippen molar-refractivity contribution < 1.29 is 4.39 Å². The predicted octanol–water partition coefficient (Wildman–Crippen LogP) is 5.86. The van der Waals surface area contributed by atoms with Crippen molar-refractivity contribution >= 4 is 23.6 Å². The van der Waals surface area contributed by atoms with E-state index < -0.39 is 5.67 Å². The number of aromatic nitrogens is 2. The average Bonchev–Trinajstić information content (AvgIpc) is 2.99. The highest BCUT2D eigenvalue weighted by molar-refractivity contribution is 6.13. The van der Waals surface area contributed by atoms with Crippen LogP contribution in [0.2, 0.25) is 0 Å². The van der Waals surface area contributed by atoms with E-state index in [0.29, 0.717) is 30.2 Å². The van der Waals surface area contributed by atoms with E-state index in [4.69, 9.17) is 17.5 Å². The van der Waals surface area contributed by atoms with Crippen LogP contribution in [0.25, 0.3) is 0 Å². The fraction of sp³-hybridized carbons (Fsp3) is 0.619. The molecule has 1 heterocycles. The maximum atomic E-state index is 14.1. The normalized spacial score (nSPS) is 23.2. The predicted molar refractivity (Wildman–Crippen MR) is 120 cm³/mol. The Kier molecular flexibility index (Phi) is 11.3. The molecule has 0 amide bonds. The van der Waals surface area contributed by atoms with Gasteiger partial charge in [-0.3, -0.25) is 0 Å². The maximum Gasteiger partial charge on any atom is 0.231 e. The zero-order chi connectivity index (χ0) is 22.1. The zero-order valence-corrected chi connectivity index (χ0v) is 19.1. The number of aryl methyl sites for hydroxylation is 1. The molecule has 5 nitrogen and oxygen atoms in total. The Hall–Kier alpha value is -1.66. The average molecular weight is 414 g/mol. The van der Waals surface area contributed by atoms with Crippen LogP contribution in [0.5, 0.6) is 0 Å². The number of halogens is 2. The topological polar surface area (TPSA) is 59.4 Å². The fourth-order valence-corrected chi connectivity index (χ4v) is 3.46. The van der Waals surface area contributed by atoms with Crippen molar-refractivity contribution in [3.8, 4) is 0 Å². The van der Waals surface area contributed by atoms with Gasteiger partial charge in [-0.2, -0.15) is 4.99 Å². The smallest absolute Gasteiger partial charge is 0.231 e. The van der Waals surface area contributed by atoms with E-state index in [9.17, 15) is 4.39 Å². The molecule has 0 saturated heterocycles. The summed E-state index contributed by atoms with van der Waals surface area (Å²) in [5.74, 6) is 1.14. The van der Waals surface area contributed by atoms with Crippen molar-refractivity contribution in [3.63, 3.8) is 0 Å². The molecule has 0 aromatic carbocycles. The van der Waals surface area contributed by atoms with E-state index in [-0.39, 0.29) is 12.0 Å². The Balaban J connectivity index is 0.00000171. The third-order valence-corrected chi connectivity index (χ3v) is 4.94. The molecule has 0 aliphatic heterocycles. The Morgan fingerprint density at radius 3 is 2.36 bits per heavy atom. The lowest BCUT2D eigenvalue weighted by molar-refractivity contribution is 0.0796. The molecule has 1 unspecified atom stereocenters. The van der Waals surface area contributed by atoms with Gasteiger partial charge in [0.25, 0.3) is 0 Å². The molecule has 2 N–H and O–H groups in total. The Bertz CT molecular complexity index is 641. The van der Waals surface area contributed by atoms with Crippen LogP contribution in [0.1, 0.15) is 65.1 Å². The van der Waals surface area contributed by atoms with Gasteiger partial charge in [0, 0.05) is 20.3 Å². The molecule has 7 heteroatoms. The maximum absolute atomic E-state index is 14.1. The van der Waals surface area contributed by atoms with Crippen molar-refractivity contribution in [3.05, 3.63) is 37.2 Å². The Labute approximate surface area is 175 Å². The summed E-state index contributed by atoms with van der Waals surface area (Å²) in [4.78, 5) is 8.91. The first-order chi connectivity index (χ1) is 13.1. The zero-order valence-electron chi connectivity index (χ0n) is 18.3. The molecular weight excluding hydrogens is 377 g/mol.